The van der Waals surface area contributed by atoms with Crippen LogP contribution in [0.15, 0.2) is 41.2 Å². The summed E-state index contributed by atoms with van der Waals surface area (Å²) in [5.74, 6) is 1.40. The molecule has 0 radical (unpaired) electrons. The summed E-state index contributed by atoms with van der Waals surface area (Å²) in [5.41, 5.74) is 0.943. The lowest BCUT2D eigenvalue weighted by molar-refractivity contribution is 0.301. The molecule has 112 valence electrons. The number of nitrogens with zero attached hydrogens (tertiary/aromatic N) is 2. The largest absolute Gasteiger partial charge is 0.395 e. The van der Waals surface area contributed by atoms with Crippen LogP contribution in [0.25, 0.3) is 0 Å². The Morgan fingerprint density at radius 1 is 1.29 bits per heavy atom. The molecule has 2 rings (SSSR count). The highest BCUT2D eigenvalue weighted by Gasteiger charge is 2.12. The first kappa shape index (κ1) is 15.3. The van der Waals surface area contributed by atoms with Crippen molar-refractivity contribution < 1.29 is 5.11 Å². The van der Waals surface area contributed by atoms with Gasteiger partial charge in [-0.1, -0.05) is 44.2 Å². The molecule has 0 saturated heterocycles. The zero-order valence-corrected chi connectivity index (χ0v) is 12.4. The fraction of sp³-hybridized carbons (Fsp3) is 0.375. The Balaban J connectivity index is 2.31. The average Bonchev–Trinajstić information content (AvgIpc) is 2.47. The number of H-pyrrole nitrogens is 1. The van der Waals surface area contributed by atoms with Crippen LogP contribution in [0.2, 0.25) is 0 Å². The van der Waals surface area contributed by atoms with Gasteiger partial charge in [-0.2, -0.15) is 0 Å². The van der Waals surface area contributed by atoms with Gasteiger partial charge in [0.25, 0.3) is 5.56 Å². The summed E-state index contributed by atoms with van der Waals surface area (Å²) in [4.78, 5) is 21.0. The summed E-state index contributed by atoms with van der Waals surface area (Å²) in [6.45, 7) is 5.02. The van der Waals surface area contributed by atoms with Crippen molar-refractivity contribution in [1.82, 2.24) is 9.97 Å². The Hall–Kier alpha value is -2.14. The summed E-state index contributed by atoms with van der Waals surface area (Å²) in [6, 6.07) is 11.4. The highest BCUT2D eigenvalue weighted by atomic mass is 16.3. The number of hydrogen-bond acceptors (Lipinski definition) is 4. The maximum Gasteiger partial charge on any atom is 0.252 e. The molecular formula is C16H21N3O2. The highest BCUT2D eigenvalue weighted by Crippen LogP contribution is 2.15. The van der Waals surface area contributed by atoms with Crippen molar-refractivity contribution in [3.63, 3.8) is 0 Å². The van der Waals surface area contributed by atoms with Crippen LogP contribution in [0, 0.1) is 0 Å². The van der Waals surface area contributed by atoms with E-state index in [2.05, 4.69) is 9.97 Å². The van der Waals surface area contributed by atoms with E-state index >= 15 is 0 Å². The second-order valence-corrected chi connectivity index (χ2v) is 5.27. The smallest absolute Gasteiger partial charge is 0.252 e. The minimum absolute atomic E-state index is 0.0122. The zero-order valence-electron chi connectivity index (χ0n) is 12.4. The molecule has 0 fully saturated rings. The average molecular weight is 287 g/mol. The first-order chi connectivity index (χ1) is 10.1. The van der Waals surface area contributed by atoms with Gasteiger partial charge in [-0.25, -0.2) is 4.98 Å². The van der Waals surface area contributed by atoms with E-state index < -0.39 is 0 Å². The van der Waals surface area contributed by atoms with E-state index in [1.807, 2.05) is 49.1 Å². The van der Waals surface area contributed by atoms with E-state index in [4.69, 9.17) is 0 Å². The fourth-order valence-corrected chi connectivity index (χ4v) is 2.10. The lowest BCUT2D eigenvalue weighted by Gasteiger charge is -2.23. The van der Waals surface area contributed by atoms with Gasteiger partial charge in [0.05, 0.1) is 6.61 Å². The topological polar surface area (TPSA) is 69.2 Å². The maximum atomic E-state index is 11.8. The molecule has 2 N–H and O–H groups in total. The van der Waals surface area contributed by atoms with Gasteiger partial charge in [-0.15, -0.1) is 0 Å². The van der Waals surface area contributed by atoms with Gasteiger partial charge in [0.2, 0.25) is 0 Å². The van der Waals surface area contributed by atoms with Crippen LogP contribution in [0.3, 0.4) is 0 Å². The maximum absolute atomic E-state index is 11.8. The van der Waals surface area contributed by atoms with Crippen LogP contribution in [-0.2, 0) is 6.54 Å². The predicted molar refractivity (Wildman–Crippen MR) is 83.5 cm³/mol. The number of hydrogen-bond donors (Lipinski definition) is 2. The van der Waals surface area contributed by atoms with Crippen LogP contribution < -0.4 is 10.5 Å². The SMILES string of the molecule is CC(C)c1nc(N(CCO)Cc2ccccc2)cc(=O)[nH]1. The first-order valence-corrected chi connectivity index (χ1v) is 7.11. The van der Waals surface area contributed by atoms with Crippen molar-refractivity contribution in [2.45, 2.75) is 26.3 Å². The van der Waals surface area contributed by atoms with Crippen molar-refractivity contribution in [2.24, 2.45) is 0 Å². The van der Waals surface area contributed by atoms with E-state index in [1.165, 1.54) is 6.07 Å². The number of aliphatic hydroxyl groups is 1. The first-order valence-electron chi connectivity index (χ1n) is 7.11. The van der Waals surface area contributed by atoms with Crippen LogP contribution in [0.5, 0.6) is 0 Å². The van der Waals surface area contributed by atoms with Crippen LogP contribution in [0.1, 0.15) is 31.2 Å². The van der Waals surface area contributed by atoms with E-state index in [-0.39, 0.29) is 18.1 Å². The van der Waals surface area contributed by atoms with Gasteiger partial charge in [0.15, 0.2) is 0 Å². The molecule has 0 aliphatic carbocycles. The molecule has 2 aromatic rings. The minimum atomic E-state index is -0.167. The van der Waals surface area contributed by atoms with Crippen molar-refractivity contribution in [3.05, 3.63) is 58.1 Å². The standard InChI is InChI=1S/C16H21N3O2/c1-12(2)16-17-14(10-15(21)18-16)19(8-9-20)11-13-6-4-3-5-7-13/h3-7,10,12,20H,8-9,11H2,1-2H3,(H,17,18,21). The molecule has 0 spiro atoms. The van der Waals surface area contributed by atoms with Gasteiger partial charge >= 0.3 is 0 Å². The quantitative estimate of drug-likeness (QED) is 0.851. The number of nitrogens with one attached hydrogen (secondary N) is 1. The summed E-state index contributed by atoms with van der Waals surface area (Å²) in [7, 11) is 0. The molecule has 0 amide bonds. The molecule has 0 unspecified atom stereocenters. The van der Waals surface area contributed by atoms with Gasteiger partial charge in [0, 0.05) is 25.1 Å². The molecule has 0 bridgehead atoms. The van der Waals surface area contributed by atoms with Crippen LogP contribution in [0.4, 0.5) is 5.82 Å². The van der Waals surface area contributed by atoms with Crippen LogP contribution >= 0.6 is 0 Å². The summed E-state index contributed by atoms with van der Waals surface area (Å²) < 4.78 is 0. The second kappa shape index (κ2) is 7.04. The Kier molecular flexibility index (Phi) is 5.11. The molecule has 5 heteroatoms. The van der Waals surface area contributed by atoms with Crippen LogP contribution in [-0.4, -0.2) is 28.2 Å². The third kappa shape index (κ3) is 4.16. The predicted octanol–water partition coefficient (Wildman–Crippen LogP) is 1.89. The number of aromatic nitrogens is 2. The third-order valence-electron chi connectivity index (χ3n) is 3.20. The minimum Gasteiger partial charge on any atom is -0.395 e. The van der Waals surface area contributed by atoms with Crippen molar-refractivity contribution in [2.75, 3.05) is 18.1 Å². The lowest BCUT2D eigenvalue weighted by Crippen LogP contribution is -2.29. The summed E-state index contributed by atoms with van der Waals surface area (Å²) in [5, 5.41) is 9.27. The normalized spacial score (nSPS) is 10.9. The molecular weight excluding hydrogens is 266 g/mol. The number of rotatable bonds is 6. The van der Waals surface area contributed by atoms with Gasteiger partial charge < -0.3 is 15.0 Å². The molecule has 5 nitrogen and oxygen atoms in total. The molecule has 21 heavy (non-hydrogen) atoms. The second-order valence-electron chi connectivity index (χ2n) is 5.27. The number of benzene rings is 1. The van der Waals surface area contributed by atoms with Crippen molar-refractivity contribution in [1.29, 1.82) is 0 Å². The summed E-state index contributed by atoms with van der Waals surface area (Å²) >= 11 is 0. The number of aliphatic hydroxyl groups excluding tert-OH is 1. The molecule has 0 aliphatic rings. The van der Waals surface area contributed by atoms with E-state index in [9.17, 15) is 9.90 Å². The molecule has 1 heterocycles. The molecule has 0 atom stereocenters. The Labute approximate surface area is 124 Å². The van der Waals surface area contributed by atoms with Gasteiger partial charge in [-0.05, 0) is 5.56 Å². The van der Waals surface area contributed by atoms with Crippen molar-refractivity contribution >= 4 is 5.82 Å². The number of anilines is 1. The lowest BCUT2D eigenvalue weighted by atomic mass is 10.2. The Bertz CT molecular complexity index is 623. The number of aromatic amines is 1. The molecule has 0 aliphatic heterocycles. The molecule has 0 saturated carbocycles. The highest BCUT2D eigenvalue weighted by molar-refractivity contribution is 5.39. The molecule has 1 aromatic carbocycles. The Morgan fingerprint density at radius 2 is 2.00 bits per heavy atom. The van der Waals surface area contributed by atoms with Gasteiger partial charge in [0.1, 0.15) is 11.6 Å². The molecule has 1 aromatic heterocycles. The fourth-order valence-electron chi connectivity index (χ4n) is 2.10. The third-order valence-corrected chi connectivity index (χ3v) is 3.20. The zero-order chi connectivity index (χ0) is 15.2. The van der Waals surface area contributed by atoms with Crippen molar-refractivity contribution in [3.8, 4) is 0 Å². The monoisotopic (exact) mass is 287 g/mol. The van der Waals surface area contributed by atoms with E-state index in [1.54, 1.807) is 0 Å². The summed E-state index contributed by atoms with van der Waals surface area (Å²) in [6.07, 6.45) is 0. The van der Waals surface area contributed by atoms with E-state index in [0.29, 0.717) is 24.7 Å². The van der Waals surface area contributed by atoms with Gasteiger partial charge in [-0.3, -0.25) is 4.79 Å². The van der Waals surface area contributed by atoms with E-state index in [0.717, 1.165) is 5.56 Å². The Morgan fingerprint density at radius 3 is 2.62 bits per heavy atom.